The second-order valence-electron chi connectivity index (χ2n) is 6.79. The highest BCUT2D eigenvalue weighted by atomic mass is 32.2. The molecule has 1 saturated heterocycles. The molecule has 1 fully saturated rings. The zero-order valence-electron chi connectivity index (χ0n) is 15.9. The number of hydrogen-bond acceptors (Lipinski definition) is 4. The van der Waals surface area contributed by atoms with Crippen LogP contribution in [0.4, 0.5) is 10.1 Å². The first-order valence-corrected chi connectivity index (χ1v) is 10.2. The van der Waals surface area contributed by atoms with E-state index in [-0.39, 0.29) is 23.4 Å². The number of piperazine rings is 1. The Bertz CT molecular complexity index is 821. The van der Waals surface area contributed by atoms with Gasteiger partial charge >= 0.3 is 0 Å². The summed E-state index contributed by atoms with van der Waals surface area (Å²) in [5, 5.41) is 2.89. The lowest BCUT2D eigenvalue weighted by atomic mass is 10.2. The van der Waals surface area contributed by atoms with Crippen molar-refractivity contribution >= 4 is 29.3 Å². The van der Waals surface area contributed by atoms with Crippen molar-refractivity contribution in [3.05, 3.63) is 59.9 Å². The van der Waals surface area contributed by atoms with Crippen molar-refractivity contribution < 1.29 is 14.0 Å². The molecule has 0 atom stereocenters. The first-order chi connectivity index (χ1) is 13.5. The topological polar surface area (TPSA) is 52.7 Å². The first kappa shape index (κ1) is 20.4. The third-order valence-electron chi connectivity index (χ3n) is 4.62. The van der Waals surface area contributed by atoms with Crippen LogP contribution < -0.4 is 5.32 Å². The summed E-state index contributed by atoms with van der Waals surface area (Å²) in [6.07, 6.45) is 0. The van der Waals surface area contributed by atoms with Gasteiger partial charge in [-0.1, -0.05) is 29.8 Å². The van der Waals surface area contributed by atoms with E-state index in [9.17, 15) is 14.0 Å². The molecule has 1 aliphatic rings. The molecule has 148 valence electrons. The summed E-state index contributed by atoms with van der Waals surface area (Å²) >= 11 is 1.22. The first-order valence-electron chi connectivity index (χ1n) is 9.25. The fraction of sp³-hybridized carbons (Fsp3) is 0.333. The van der Waals surface area contributed by atoms with Crippen molar-refractivity contribution in [2.45, 2.75) is 11.8 Å². The van der Waals surface area contributed by atoms with Crippen LogP contribution in [0.3, 0.4) is 0 Å². The summed E-state index contributed by atoms with van der Waals surface area (Å²) in [5.74, 6) is -0.144. The molecule has 1 aliphatic heterocycles. The van der Waals surface area contributed by atoms with Gasteiger partial charge in [-0.25, -0.2) is 4.39 Å². The SMILES string of the molecule is Cc1ccc(NC(=O)CN2CCN(C(=O)CSc3ccccc3F)CC2)cc1. The van der Waals surface area contributed by atoms with Crippen LogP contribution in [-0.4, -0.2) is 60.1 Å². The van der Waals surface area contributed by atoms with Crippen molar-refractivity contribution in [3.63, 3.8) is 0 Å². The minimum atomic E-state index is -0.301. The second kappa shape index (κ2) is 9.71. The third kappa shape index (κ3) is 5.81. The molecule has 3 rings (SSSR count). The molecule has 0 aliphatic carbocycles. The van der Waals surface area contributed by atoms with E-state index in [1.165, 1.54) is 17.8 Å². The van der Waals surface area contributed by atoms with E-state index < -0.39 is 0 Å². The molecule has 5 nitrogen and oxygen atoms in total. The summed E-state index contributed by atoms with van der Waals surface area (Å²) in [5.41, 5.74) is 1.93. The molecule has 1 heterocycles. The molecule has 0 saturated carbocycles. The fourth-order valence-electron chi connectivity index (χ4n) is 2.99. The van der Waals surface area contributed by atoms with E-state index in [4.69, 9.17) is 0 Å². The molecule has 0 radical (unpaired) electrons. The van der Waals surface area contributed by atoms with E-state index >= 15 is 0 Å². The van der Waals surface area contributed by atoms with Gasteiger partial charge in [0.15, 0.2) is 0 Å². The molecule has 0 unspecified atom stereocenters. The van der Waals surface area contributed by atoms with Gasteiger partial charge in [-0.15, -0.1) is 11.8 Å². The molecule has 7 heteroatoms. The maximum atomic E-state index is 13.6. The Hall–Kier alpha value is -2.38. The van der Waals surface area contributed by atoms with Crippen molar-refractivity contribution in [2.24, 2.45) is 0 Å². The number of halogens is 1. The van der Waals surface area contributed by atoms with Gasteiger partial charge < -0.3 is 10.2 Å². The lowest BCUT2D eigenvalue weighted by Crippen LogP contribution is -2.50. The van der Waals surface area contributed by atoms with E-state index in [1.54, 1.807) is 23.1 Å². The van der Waals surface area contributed by atoms with E-state index in [2.05, 4.69) is 5.32 Å². The predicted molar refractivity (Wildman–Crippen MR) is 110 cm³/mol. The number of amides is 2. The molecular weight excluding hydrogens is 377 g/mol. The van der Waals surface area contributed by atoms with Gasteiger partial charge in [0.25, 0.3) is 0 Å². The van der Waals surface area contributed by atoms with Crippen LogP contribution in [0, 0.1) is 12.7 Å². The highest BCUT2D eigenvalue weighted by Crippen LogP contribution is 2.21. The molecule has 1 N–H and O–H groups in total. The Morgan fingerprint density at radius 1 is 1.04 bits per heavy atom. The van der Waals surface area contributed by atoms with Crippen LogP contribution in [0.5, 0.6) is 0 Å². The maximum Gasteiger partial charge on any atom is 0.238 e. The highest BCUT2D eigenvalue weighted by Gasteiger charge is 2.22. The maximum absolute atomic E-state index is 13.6. The fourth-order valence-corrected chi connectivity index (χ4v) is 3.83. The molecule has 0 aromatic heterocycles. The summed E-state index contributed by atoms with van der Waals surface area (Å²) in [6.45, 7) is 4.76. The largest absolute Gasteiger partial charge is 0.339 e. The monoisotopic (exact) mass is 401 g/mol. The van der Waals surface area contributed by atoms with E-state index in [0.717, 1.165) is 11.3 Å². The Morgan fingerprint density at radius 2 is 1.71 bits per heavy atom. The second-order valence-corrected chi connectivity index (χ2v) is 7.81. The number of carbonyl (C=O) groups is 2. The lowest BCUT2D eigenvalue weighted by Gasteiger charge is -2.34. The van der Waals surface area contributed by atoms with Crippen LogP contribution in [-0.2, 0) is 9.59 Å². The van der Waals surface area contributed by atoms with Gasteiger partial charge in [0.05, 0.1) is 12.3 Å². The Labute approximate surface area is 168 Å². The number of nitrogens with zero attached hydrogens (tertiary/aromatic N) is 2. The summed E-state index contributed by atoms with van der Waals surface area (Å²) < 4.78 is 13.6. The van der Waals surface area contributed by atoms with Crippen LogP contribution in [0.2, 0.25) is 0 Å². The minimum absolute atomic E-state index is 0.00277. The summed E-state index contributed by atoms with van der Waals surface area (Å²) in [4.78, 5) is 28.9. The van der Waals surface area contributed by atoms with Gasteiger partial charge in [-0.05, 0) is 31.2 Å². The average molecular weight is 402 g/mol. The number of carbonyl (C=O) groups excluding carboxylic acids is 2. The smallest absolute Gasteiger partial charge is 0.238 e. The summed E-state index contributed by atoms with van der Waals surface area (Å²) in [7, 11) is 0. The van der Waals surface area contributed by atoms with Crippen molar-refractivity contribution in [1.29, 1.82) is 0 Å². The van der Waals surface area contributed by atoms with Crippen LogP contribution >= 0.6 is 11.8 Å². The zero-order chi connectivity index (χ0) is 19.9. The molecule has 2 amide bonds. The number of nitrogens with one attached hydrogen (secondary N) is 1. The molecule has 2 aromatic carbocycles. The predicted octanol–water partition coefficient (Wildman–Crippen LogP) is 3.01. The van der Waals surface area contributed by atoms with E-state index in [1.807, 2.05) is 36.1 Å². The Morgan fingerprint density at radius 3 is 2.39 bits per heavy atom. The Kier molecular flexibility index (Phi) is 7.06. The number of rotatable bonds is 6. The molecular formula is C21H24FN3O2S. The van der Waals surface area contributed by atoms with Crippen LogP contribution in [0.15, 0.2) is 53.4 Å². The average Bonchev–Trinajstić information content (AvgIpc) is 2.69. The van der Waals surface area contributed by atoms with Crippen LogP contribution in [0.1, 0.15) is 5.56 Å². The number of anilines is 1. The number of aryl methyl sites for hydroxylation is 1. The number of hydrogen-bond donors (Lipinski definition) is 1. The van der Waals surface area contributed by atoms with Crippen molar-refractivity contribution in [2.75, 3.05) is 43.8 Å². The van der Waals surface area contributed by atoms with Crippen molar-refractivity contribution in [3.8, 4) is 0 Å². The van der Waals surface area contributed by atoms with Gasteiger partial charge in [0.1, 0.15) is 5.82 Å². The number of benzene rings is 2. The summed E-state index contributed by atoms with van der Waals surface area (Å²) in [6, 6.07) is 14.2. The highest BCUT2D eigenvalue weighted by molar-refractivity contribution is 8.00. The van der Waals surface area contributed by atoms with Crippen LogP contribution in [0.25, 0.3) is 0 Å². The molecule has 2 aromatic rings. The molecule has 0 spiro atoms. The normalized spacial score (nSPS) is 14.7. The third-order valence-corrected chi connectivity index (χ3v) is 5.65. The number of thioether (sulfide) groups is 1. The van der Waals surface area contributed by atoms with E-state index in [0.29, 0.717) is 37.6 Å². The lowest BCUT2D eigenvalue weighted by molar-refractivity contribution is -0.130. The molecule has 28 heavy (non-hydrogen) atoms. The quantitative estimate of drug-likeness (QED) is 0.756. The van der Waals surface area contributed by atoms with Gasteiger partial charge in [-0.3, -0.25) is 14.5 Å². The van der Waals surface area contributed by atoms with Crippen molar-refractivity contribution in [1.82, 2.24) is 9.80 Å². The Balaban J connectivity index is 1.40. The minimum Gasteiger partial charge on any atom is -0.339 e. The standard InChI is InChI=1S/C21H24FN3O2S/c1-16-6-8-17(9-7-16)23-20(26)14-24-10-12-25(13-11-24)21(27)15-28-19-5-3-2-4-18(19)22/h2-9H,10-15H2,1H3,(H,23,26). The zero-order valence-corrected chi connectivity index (χ0v) is 16.7. The van der Waals surface area contributed by atoms with Gasteiger partial charge in [0, 0.05) is 36.8 Å². The van der Waals surface area contributed by atoms with Gasteiger partial charge in [-0.2, -0.15) is 0 Å². The molecule has 0 bridgehead atoms. The van der Waals surface area contributed by atoms with Gasteiger partial charge in [0.2, 0.25) is 11.8 Å².